The largest absolute Gasteiger partial charge is 0.497 e. The van der Waals surface area contributed by atoms with Gasteiger partial charge in [-0.3, -0.25) is 0 Å². The molecular weight excluding hydrogens is 396 g/mol. The molecule has 31 heavy (non-hydrogen) atoms. The molecule has 0 aliphatic carbocycles. The second-order valence-electron chi connectivity index (χ2n) is 7.89. The number of benzene rings is 2. The van der Waals surface area contributed by atoms with E-state index in [9.17, 15) is 5.11 Å². The van der Waals surface area contributed by atoms with E-state index in [0.717, 1.165) is 60.8 Å². The first-order valence-corrected chi connectivity index (χ1v) is 10.6. The summed E-state index contributed by atoms with van der Waals surface area (Å²) in [6.45, 7) is 1.16. The predicted octanol–water partition coefficient (Wildman–Crippen LogP) is 3.37. The number of β-amino-alcohol motifs (C(OH)–C–C–N with tert-alkyl or cyclic N) is 1. The Bertz CT molecular complexity index is 990. The summed E-state index contributed by atoms with van der Waals surface area (Å²) in [6.07, 6.45) is 4.12. The molecule has 1 atom stereocenters. The number of ether oxygens (including phenoxy) is 4. The highest BCUT2D eigenvalue weighted by molar-refractivity contribution is 5.97. The van der Waals surface area contributed by atoms with Gasteiger partial charge in [0.1, 0.15) is 5.75 Å². The zero-order valence-corrected chi connectivity index (χ0v) is 18.7. The number of hydrogen-bond acceptors (Lipinski definition) is 6. The average molecular weight is 428 g/mol. The van der Waals surface area contributed by atoms with Gasteiger partial charge in [0.15, 0.2) is 29.5 Å². The fourth-order valence-corrected chi connectivity index (χ4v) is 4.63. The molecule has 2 aromatic carbocycles. The third-order valence-corrected chi connectivity index (χ3v) is 6.25. The number of nitrogens with zero attached hydrogens (tertiary/aromatic N) is 2. The number of hydrogen-bond donors (Lipinski definition) is 1. The van der Waals surface area contributed by atoms with Crippen molar-refractivity contribution in [2.75, 3.05) is 46.4 Å². The molecule has 0 amide bonds. The van der Waals surface area contributed by atoms with E-state index in [1.54, 1.807) is 28.4 Å². The molecule has 166 valence electrons. The number of rotatable bonds is 6. The second-order valence-corrected chi connectivity index (χ2v) is 7.89. The van der Waals surface area contributed by atoms with Gasteiger partial charge in [-0.25, -0.2) is 9.48 Å². The molecule has 7 heteroatoms. The van der Waals surface area contributed by atoms with Crippen LogP contribution < -0.4 is 23.8 Å². The second kappa shape index (κ2) is 8.67. The van der Waals surface area contributed by atoms with Gasteiger partial charge in [0.25, 0.3) is 11.6 Å². The highest BCUT2D eigenvalue weighted by atomic mass is 16.5. The summed E-state index contributed by atoms with van der Waals surface area (Å²) in [6, 6.07) is 11.4. The van der Waals surface area contributed by atoms with Gasteiger partial charge in [-0.05, 0) is 49.6 Å². The molecule has 0 unspecified atom stereocenters. The molecule has 0 spiro atoms. The molecule has 2 aliphatic rings. The monoisotopic (exact) mass is 427 g/mol. The predicted molar refractivity (Wildman–Crippen MR) is 119 cm³/mol. The third kappa shape index (κ3) is 3.67. The summed E-state index contributed by atoms with van der Waals surface area (Å²) in [4.78, 5) is 2.17. The van der Waals surface area contributed by atoms with E-state index in [1.807, 2.05) is 36.4 Å². The van der Waals surface area contributed by atoms with E-state index in [-0.39, 0.29) is 0 Å². The zero-order valence-electron chi connectivity index (χ0n) is 18.7. The van der Waals surface area contributed by atoms with Crippen LogP contribution in [0, 0.1) is 0 Å². The van der Waals surface area contributed by atoms with E-state index in [0.29, 0.717) is 18.0 Å². The van der Waals surface area contributed by atoms with Crippen LogP contribution in [0.3, 0.4) is 0 Å². The molecule has 2 aromatic rings. The number of aliphatic hydroxyl groups is 1. The lowest BCUT2D eigenvalue weighted by molar-refractivity contribution is -0.658. The minimum absolute atomic E-state index is 0.376. The standard InChI is InChI=1S/C24H31N2O5/c1-28-18-10-12-20(29-2)19(15-18)25-16-24(27,26-13-7-5-6-8-23(25)26)17-9-11-21(30-3)22(14-17)31-4/h9-12,14-15,27H,5-8,13,16H2,1-4H3/q+1/t24-/m0/s1. The molecule has 0 saturated heterocycles. The van der Waals surface area contributed by atoms with Crippen LogP contribution in [0.15, 0.2) is 36.4 Å². The van der Waals surface area contributed by atoms with Gasteiger partial charge in [0.05, 0.1) is 35.0 Å². The Morgan fingerprint density at radius 1 is 0.839 bits per heavy atom. The van der Waals surface area contributed by atoms with Crippen molar-refractivity contribution >= 4 is 11.5 Å². The molecule has 0 fully saturated rings. The Morgan fingerprint density at radius 3 is 2.29 bits per heavy atom. The molecule has 2 aliphatic heterocycles. The van der Waals surface area contributed by atoms with Crippen LogP contribution in [0.25, 0.3) is 0 Å². The molecule has 0 radical (unpaired) electrons. The van der Waals surface area contributed by atoms with E-state index in [1.165, 1.54) is 0 Å². The van der Waals surface area contributed by atoms with Gasteiger partial charge < -0.3 is 24.1 Å². The molecule has 0 bridgehead atoms. The summed E-state index contributed by atoms with van der Waals surface area (Å²) in [7, 11) is 6.54. The lowest BCUT2D eigenvalue weighted by Crippen LogP contribution is -2.41. The summed E-state index contributed by atoms with van der Waals surface area (Å²) in [5.74, 6) is 3.83. The van der Waals surface area contributed by atoms with Gasteiger partial charge in [0, 0.05) is 18.1 Å². The minimum atomic E-state index is -1.20. The summed E-state index contributed by atoms with van der Waals surface area (Å²) in [5, 5.41) is 12.1. The van der Waals surface area contributed by atoms with Crippen molar-refractivity contribution in [3.8, 4) is 23.0 Å². The van der Waals surface area contributed by atoms with Gasteiger partial charge in [-0.15, -0.1) is 0 Å². The Morgan fingerprint density at radius 2 is 1.58 bits per heavy atom. The molecule has 2 heterocycles. The minimum Gasteiger partial charge on any atom is -0.497 e. The van der Waals surface area contributed by atoms with Crippen molar-refractivity contribution in [3.05, 3.63) is 42.0 Å². The third-order valence-electron chi connectivity index (χ3n) is 6.25. The maximum Gasteiger partial charge on any atom is 0.271 e. The smallest absolute Gasteiger partial charge is 0.271 e. The van der Waals surface area contributed by atoms with Crippen molar-refractivity contribution in [1.82, 2.24) is 0 Å². The summed E-state index contributed by atoms with van der Waals surface area (Å²) < 4.78 is 24.2. The molecule has 0 aromatic heterocycles. The molecule has 7 nitrogen and oxygen atoms in total. The van der Waals surface area contributed by atoms with Crippen molar-refractivity contribution < 1.29 is 28.6 Å². The molecule has 4 rings (SSSR count). The maximum atomic E-state index is 12.1. The van der Waals surface area contributed by atoms with E-state index in [2.05, 4.69) is 9.48 Å². The van der Waals surface area contributed by atoms with E-state index < -0.39 is 5.72 Å². The van der Waals surface area contributed by atoms with Gasteiger partial charge in [-0.2, -0.15) is 0 Å². The molecule has 0 saturated carbocycles. The maximum absolute atomic E-state index is 12.1. The average Bonchev–Trinajstić information content (AvgIpc) is 2.96. The summed E-state index contributed by atoms with van der Waals surface area (Å²) in [5.41, 5.74) is 0.460. The van der Waals surface area contributed by atoms with Crippen LogP contribution in [0.1, 0.15) is 31.2 Å². The fourth-order valence-electron chi connectivity index (χ4n) is 4.63. The van der Waals surface area contributed by atoms with Crippen molar-refractivity contribution in [1.29, 1.82) is 0 Å². The van der Waals surface area contributed by atoms with Crippen LogP contribution in [0.5, 0.6) is 23.0 Å². The number of methoxy groups -OCH3 is 4. The van der Waals surface area contributed by atoms with Crippen LogP contribution in [0.2, 0.25) is 0 Å². The fraction of sp³-hybridized carbons (Fsp3) is 0.458. The van der Waals surface area contributed by atoms with Crippen LogP contribution >= 0.6 is 0 Å². The van der Waals surface area contributed by atoms with Gasteiger partial charge >= 0.3 is 0 Å². The van der Waals surface area contributed by atoms with Crippen molar-refractivity contribution in [2.45, 2.75) is 31.4 Å². The zero-order chi connectivity index (χ0) is 22.0. The summed E-state index contributed by atoms with van der Waals surface area (Å²) >= 11 is 0. The topological polar surface area (TPSA) is 63.4 Å². The normalized spacial score (nSPS) is 20.9. The number of amidine groups is 1. The van der Waals surface area contributed by atoms with Crippen LogP contribution in [0.4, 0.5) is 5.69 Å². The van der Waals surface area contributed by atoms with Crippen LogP contribution in [-0.2, 0) is 5.72 Å². The first kappa shape index (κ1) is 21.3. The van der Waals surface area contributed by atoms with E-state index >= 15 is 0 Å². The van der Waals surface area contributed by atoms with Crippen molar-refractivity contribution in [3.63, 3.8) is 0 Å². The SMILES string of the molecule is COc1ccc(OC)c(N2C[C@](O)(c3ccc(OC)c(OC)c3)[N+]3=C2CCCCC3)c1. The Kier molecular flexibility index (Phi) is 5.96. The lowest BCUT2D eigenvalue weighted by atomic mass is 10.0. The van der Waals surface area contributed by atoms with Crippen molar-refractivity contribution in [2.24, 2.45) is 0 Å². The van der Waals surface area contributed by atoms with Gasteiger partial charge in [0.2, 0.25) is 0 Å². The Labute approximate surface area is 183 Å². The van der Waals surface area contributed by atoms with Gasteiger partial charge in [-0.1, -0.05) is 0 Å². The quantitative estimate of drug-likeness (QED) is 0.714. The number of anilines is 1. The highest BCUT2D eigenvalue weighted by Gasteiger charge is 2.53. The van der Waals surface area contributed by atoms with Crippen LogP contribution in [-0.4, -0.2) is 57.0 Å². The first-order chi connectivity index (χ1) is 15.0. The Balaban J connectivity index is 1.84. The Hall–Kier alpha value is -2.93. The van der Waals surface area contributed by atoms with E-state index in [4.69, 9.17) is 18.9 Å². The highest BCUT2D eigenvalue weighted by Crippen LogP contribution is 2.42. The molecule has 1 N–H and O–H groups in total. The first-order valence-electron chi connectivity index (χ1n) is 10.6. The lowest BCUT2D eigenvalue weighted by Gasteiger charge is -2.24. The molecular formula is C24H31N2O5+.